The van der Waals surface area contributed by atoms with E-state index in [2.05, 4.69) is 0 Å². The number of carboxylic acid groups (broad SMARTS) is 1. The van der Waals surface area contributed by atoms with E-state index in [1.807, 2.05) is 0 Å². The van der Waals surface area contributed by atoms with E-state index in [0.717, 1.165) is 12.8 Å². The van der Waals surface area contributed by atoms with Crippen molar-refractivity contribution in [1.82, 2.24) is 9.21 Å². The number of carboxylic acids is 1. The Kier molecular flexibility index (Phi) is 2.95. The van der Waals surface area contributed by atoms with Crippen LogP contribution in [0, 0.1) is 0 Å². The molecule has 0 aromatic carbocycles. The molecule has 0 aromatic rings. The number of aliphatic carboxylic acids is 1. The summed E-state index contributed by atoms with van der Waals surface area (Å²) in [4.78, 5) is 12.6. The van der Waals surface area contributed by atoms with E-state index in [1.165, 1.54) is 23.1 Å². The van der Waals surface area contributed by atoms with Crippen LogP contribution in [0.1, 0.15) is 26.7 Å². The summed E-state index contributed by atoms with van der Waals surface area (Å²) < 4.78 is 25.6. The van der Waals surface area contributed by atoms with E-state index in [0.29, 0.717) is 13.1 Å². The fraction of sp³-hybridized carbons (Fsp3) is 0.900. The van der Waals surface area contributed by atoms with Gasteiger partial charge in [0.05, 0.1) is 0 Å². The molecule has 1 aliphatic carbocycles. The number of hydrogen-bond acceptors (Lipinski definition) is 4. The van der Waals surface area contributed by atoms with Crippen molar-refractivity contribution in [1.29, 1.82) is 0 Å². The molecule has 1 heterocycles. The van der Waals surface area contributed by atoms with E-state index in [-0.39, 0.29) is 11.9 Å². The van der Waals surface area contributed by atoms with E-state index >= 15 is 0 Å². The van der Waals surface area contributed by atoms with Gasteiger partial charge in [-0.2, -0.15) is 4.31 Å². The van der Waals surface area contributed by atoms with Crippen LogP contribution in [-0.2, 0) is 14.8 Å². The van der Waals surface area contributed by atoms with Crippen LogP contribution in [0.4, 0.5) is 0 Å². The zero-order valence-electron chi connectivity index (χ0n) is 10.1. The molecule has 2 rings (SSSR count). The van der Waals surface area contributed by atoms with E-state index in [9.17, 15) is 13.2 Å². The molecule has 1 saturated heterocycles. The van der Waals surface area contributed by atoms with Crippen LogP contribution in [0.25, 0.3) is 0 Å². The summed E-state index contributed by atoms with van der Waals surface area (Å²) in [5, 5.41) is 9.10. The topological polar surface area (TPSA) is 77.9 Å². The molecule has 2 fully saturated rings. The summed E-state index contributed by atoms with van der Waals surface area (Å²) in [5.41, 5.74) is -1.14. The monoisotopic (exact) mass is 262 g/mol. The first-order valence-electron chi connectivity index (χ1n) is 5.73. The number of sulfonamides is 1. The molecule has 0 spiro atoms. The summed E-state index contributed by atoms with van der Waals surface area (Å²) in [7, 11) is -3.33. The number of carbonyl (C=O) groups is 1. The van der Waals surface area contributed by atoms with Gasteiger partial charge < -0.3 is 5.11 Å². The molecule has 1 N–H and O–H groups in total. The Hall–Kier alpha value is -0.660. The van der Waals surface area contributed by atoms with Crippen LogP contribution in [0.15, 0.2) is 0 Å². The minimum Gasteiger partial charge on any atom is -0.480 e. The average molecular weight is 262 g/mol. The quantitative estimate of drug-likeness (QED) is 0.769. The van der Waals surface area contributed by atoms with Gasteiger partial charge in [-0.15, -0.1) is 0 Å². The second kappa shape index (κ2) is 3.93. The molecule has 0 aromatic heterocycles. The lowest BCUT2D eigenvalue weighted by atomic mass is 10.0. The van der Waals surface area contributed by atoms with Crippen molar-refractivity contribution in [3.05, 3.63) is 0 Å². The van der Waals surface area contributed by atoms with Gasteiger partial charge in [0.2, 0.25) is 10.0 Å². The SMILES string of the molecule is CC(C)(C(=O)O)N1CCN(C2CC2)S(=O)(=O)C1. The predicted molar refractivity (Wildman–Crippen MR) is 61.9 cm³/mol. The third-order valence-electron chi connectivity index (χ3n) is 3.53. The highest BCUT2D eigenvalue weighted by molar-refractivity contribution is 7.89. The molecule has 7 heteroatoms. The van der Waals surface area contributed by atoms with Crippen molar-refractivity contribution in [2.75, 3.05) is 19.0 Å². The fourth-order valence-corrected chi connectivity index (χ4v) is 4.06. The van der Waals surface area contributed by atoms with Gasteiger partial charge in [0.25, 0.3) is 0 Å². The molecule has 1 aliphatic heterocycles. The van der Waals surface area contributed by atoms with Crippen molar-refractivity contribution in [3.8, 4) is 0 Å². The van der Waals surface area contributed by atoms with E-state index < -0.39 is 21.5 Å². The Morgan fingerprint density at radius 2 is 1.88 bits per heavy atom. The lowest BCUT2D eigenvalue weighted by Gasteiger charge is -2.40. The Bertz CT molecular complexity index is 428. The number of hydrogen-bond donors (Lipinski definition) is 1. The second-order valence-corrected chi connectivity index (χ2v) is 7.10. The molecule has 0 bridgehead atoms. The fourth-order valence-electron chi connectivity index (χ4n) is 2.04. The summed E-state index contributed by atoms with van der Waals surface area (Å²) in [6.07, 6.45) is 1.86. The Morgan fingerprint density at radius 3 is 2.29 bits per heavy atom. The molecule has 1 saturated carbocycles. The second-order valence-electron chi connectivity index (χ2n) is 5.21. The maximum atomic E-state index is 12.0. The smallest absolute Gasteiger partial charge is 0.323 e. The summed E-state index contributed by atoms with van der Waals surface area (Å²) in [6, 6.07) is 0.162. The minimum atomic E-state index is -3.33. The van der Waals surface area contributed by atoms with Gasteiger partial charge >= 0.3 is 5.97 Å². The highest BCUT2D eigenvalue weighted by Crippen LogP contribution is 2.32. The summed E-state index contributed by atoms with van der Waals surface area (Å²) in [5.74, 6) is -1.18. The first-order valence-corrected chi connectivity index (χ1v) is 7.34. The largest absolute Gasteiger partial charge is 0.480 e. The molecule has 0 radical (unpaired) electrons. The molecular formula is C10H18N2O4S. The molecular weight excluding hydrogens is 244 g/mol. The first-order chi connectivity index (χ1) is 7.75. The average Bonchev–Trinajstić information content (AvgIpc) is 2.99. The molecule has 98 valence electrons. The summed E-state index contributed by atoms with van der Waals surface area (Å²) in [6.45, 7) is 3.97. The van der Waals surface area contributed by atoms with Crippen LogP contribution in [-0.4, -0.2) is 59.2 Å². The van der Waals surface area contributed by atoms with Crippen molar-refractivity contribution >= 4 is 16.0 Å². The molecule has 2 aliphatic rings. The van der Waals surface area contributed by atoms with Crippen LogP contribution >= 0.6 is 0 Å². The van der Waals surface area contributed by atoms with Crippen molar-refractivity contribution in [2.45, 2.75) is 38.3 Å². The van der Waals surface area contributed by atoms with Gasteiger partial charge in [-0.1, -0.05) is 0 Å². The molecule has 0 unspecified atom stereocenters. The maximum Gasteiger partial charge on any atom is 0.323 e. The molecule has 17 heavy (non-hydrogen) atoms. The third-order valence-corrected chi connectivity index (χ3v) is 5.37. The van der Waals surface area contributed by atoms with Crippen LogP contribution in [0.5, 0.6) is 0 Å². The molecule has 0 atom stereocenters. The van der Waals surface area contributed by atoms with Crippen LogP contribution in [0.2, 0.25) is 0 Å². The highest BCUT2D eigenvalue weighted by Gasteiger charge is 2.45. The Labute approximate surface area is 101 Å². The third kappa shape index (κ3) is 2.31. The Morgan fingerprint density at radius 1 is 1.29 bits per heavy atom. The van der Waals surface area contributed by atoms with Gasteiger partial charge in [0.1, 0.15) is 11.4 Å². The standard InChI is InChI=1S/C10H18N2O4S/c1-10(2,9(13)14)11-5-6-12(8-3-4-8)17(15,16)7-11/h8H,3-7H2,1-2H3,(H,13,14). The lowest BCUT2D eigenvalue weighted by molar-refractivity contribution is -0.149. The molecule has 6 nitrogen and oxygen atoms in total. The van der Waals surface area contributed by atoms with Gasteiger partial charge in [-0.3, -0.25) is 9.69 Å². The lowest BCUT2D eigenvalue weighted by Crippen LogP contribution is -2.59. The van der Waals surface area contributed by atoms with Crippen molar-refractivity contribution in [2.24, 2.45) is 0 Å². The normalized spacial score (nSPS) is 26.9. The van der Waals surface area contributed by atoms with E-state index in [1.54, 1.807) is 0 Å². The first kappa shape index (κ1) is 12.8. The van der Waals surface area contributed by atoms with Crippen molar-refractivity contribution < 1.29 is 18.3 Å². The number of rotatable bonds is 3. The minimum absolute atomic E-state index is 0.162. The zero-order chi connectivity index (χ0) is 12.8. The van der Waals surface area contributed by atoms with Crippen molar-refractivity contribution in [3.63, 3.8) is 0 Å². The zero-order valence-corrected chi connectivity index (χ0v) is 10.9. The Balaban J connectivity index is 2.14. The highest BCUT2D eigenvalue weighted by atomic mass is 32.2. The van der Waals surface area contributed by atoms with Crippen LogP contribution in [0.3, 0.4) is 0 Å². The summed E-state index contributed by atoms with van der Waals surface area (Å²) >= 11 is 0. The predicted octanol–water partition coefficient (Wildman–Crippen LogP) is -0.0831. The van der Waals surface area contributed by atoms with Gasteiger partial charge in [-0.25, -0.2) is 8.42 Å². The molecule has 0 amide bonds. The van der Waals surface area contributed by atoms with Gasteiger partial charge in [0, 0.05) is 19.1 Å². The number of nitrogens with zero attached hydrogens (tertiary/aromatic N) is 2. The van der Waals surface area contributed by atoms with Crippen LogP contribution < -0.4 is 0 Å². The van der Waals surface area contributed by atoms with Gasteiger partial charge in [0.15, 0.2) is 0 Å². The van der Waals surface area contributed by atoms with Gasteiger partial charge in [-0.05, 0) is 26.7 Å². The van der Waals surface area contributed by atoms with E-state index in [4.69, 9.17) is 5.11 Å². The maximum absolute atomic E-state index is 12.0.